The van der Waals surface area contributed by atoms with Crippen LogP contribution in [0, 0.1) is 62.6 Å². The molecule has 190 valence electrons. The van der Waals surface area contributed by atoms with E-state index in [2.05, 4.69) is 41.5 Å². The van der Waals surface area contributed by atoms with Crippen molar-refractivity contribution in [2.75, 3.05) is 13.2 Å². The largest absolute Gasteiger partial charge is 0.396 e. The first kappa shape index (κ1) is 24.6. The third kappa shape index (κ3) is 2.91. The molecule has 33 heavy (non-hydrogen) atoms. The van der Waals surface area contributed by atoms with E-state index in [1.54, 1.807) is 0 Å². The molecule has 0 saturated heterocycles. The molecule has 5 saturated carbocycles. The Morgan fingerprint density at radius 1 is 0.727 bits per heavy atom. The zero-order chi connectivity index (χ0) is 24.0. The van der Waals surface area contributed by atoms with Crippen molar-refractivity contribution in [2.45, 2.75) is 112 Å². The Balaban J connectivity index is 1.56. The van der Waals surface area contributed by atoms with Crippen LogP contribution in [0.4, 0.5) is 0 Å². The number of aliphatic hydroxyl groups excluding tert-OH is 3. The molecule has 0 heterocycles. The first-order valence-electron chi connectivity index (χ1n) is 14.3. The molecule has 0 aromatic heterocycles. The molecular formula is C30H52O3. The Labute approximate surface area is 203 Å². The van der Waals surface area contributed by atoms with E-state index >= 15 is 0 Å². The van der Waals surface area contributed by atoms with Gasteiger partial charge in [-0.05, 0) is 121 Å². The van der Waals surface area contributed by atoms with Gasteiger partial charge >= 0.3 is 0 Å². The molecule has 5 fully saturated rings. The molecule has 5 aliphatic rings. The maximum atomic E-state index is 11.1. The normalized spacial score (nSPS) is 55.5. The van der Waals surface area contributed by atoms with Gasteiger partial charge in [-0.3, -0.25) is 0 Å². The molecule has 0 aromatic carbocycles. The predicted molar refractivity (Wildman–Crippen MR) is 133 cm³/mol. The Hall–Kier alpha value is -0.120. The molecule has 3 N–H and O–H groups in total. The fourth-order valence-electron chi connectivity index (χ4n) is 11.8. The second-order valence-electron chi connectivity index (χ2n) is 14.9. The van der Waals surface area contributed by atoms with E-state index in [9.17, 15) is 15.3 Å². The molecule has 0 amide bonds. The SMILES string of the molecule is CC(C)[C@@H]1CC[C@]2(CO)CC[C@]3(C)[C@H](CC[C@@H]4[C@@]5(CO)CC[C@H](O)C(C)(C)[C@@H]5CC[C@]43C)[C@@H]12. The van der Waals surface area contributed by atoms with Crippen LogP contribution < -0.4 is 0 Å². The number of hydrogen-bond donors (Lipinski definition) is 3. The molecule has 0 aliphatic heterocycles. The second-order valence-corrected chi connectivity index (χ2v) is 14.9. The highest BCUT2D eigenvalue weighted by Crippen LogP contribution is 2.77. The van der Waals surface area contributed by atoms with Gasteiger partial charge in [0.2, 0.25) is 0 Å². The summed E-state index contributed by atoms with van der Waals surface area (Å²) in [6.45, 7) is 15.3. The van der Waals surface area contributed by atoms with Gasteiger partial charge in [0.05, 0.1) is 6.10 Å². The van der Waals surface area contributed by atoms with Crippen molar-refractivity contribution in [3.8, 4) is 0 Å². The molecule has 5 aliphatic carbocycles. The van der Waals surface area contributed by atoms with Gasteiger partial charge < -0.3 is 15.3 Å². The molecule has 0 unspecified atom stereocenters. The minimum atomic E-state index is -0.247. The van der Waals surface area contributed by atoms with Crippen molar-refractivity contribution in [3.63, 3.8) is 0 Å². The van der Waals surface area contributed by atoms with Gasteiger partial charge in [-0.25, -0.2) is 0 Å². The Morgan fingerprint density at radius 2 is 1.45 bits per heavy atom. The zero-order valence-electron chi connectivity index (χ0n) is 22.4. The van der Waals surface area contributed by atoms with E-state index in [0.717, 1.165) is 25.2 Å². The number of fused-ring (bicyclic) bond motifs is 7. The molecule has 0 spiro atoms. The summed E-state index contributed by atoms with van der Waals surface area (Å²) >= 11 is 0. The van der Waals surface area contributed by atoms with Crippen molar-refractivity contribution >= 4 is 0 Å². The summed E-state index contributed by atoms with van der Waals surface area (Å²) in [6, 6.07) is 0. The van der Waals surface area contributed by atoms with E-state index in [0.29, 0.717) is 36.2 Å². The minimum Gasteiger partial charge on any atom is -0.396 e. The number of rotatable bonds is 3. The highest BCUT2D eigenvalue weighted by atomic mass is 16.3. The first-order chi connectivity index (χ1) is 15.4. The van der Waals surface area contributed by atoms with Crippen LogP contribution in [-0.4, -0.2) is 34.6 Å². The van der Waals surface area contributed by atoms with Gasteiger partial charge in [0.15, 0.2) is 0 Å². The van der Waals surface area contributed by atoms with Crippen LogP contribution in [0.2, 0.25) is 0 Å². The fourth-order valence-corrected chi connectivity index (χ4v) is 11.8. The van der Waals surface area contributed by atoms with E-state index < -0.39 is 0 Å². The summed E-state index contributed by atoms with van der Waals surface area (Å²) < 4.78 is 0. The van der Waals surface area contributed by atoms with Crippen molar-refractivity contribution in [3.05, 3.63) is 0 Å². The molecule has 0 aromatic rings. The maximum absolute atomic E-state index is 11.1. The Bertz CT molecular complexity index is 762. The summed E-state index contributed by atoms with van der Waals surface area (Å²) in [5, 5.41) is 32.7. The highest BCUT2D eigenvalue weighted by Gasteiger charge is 2.71. The summed E-state index contributed by atoms with van der Waals surface area (Å²) in [4.78, 5) is 0. The molecular weight excluding hydrogens is 408 g/mol. The first-order valence-corrected chi connectivity index (χ1v) is 14.3. The third-order valence-corrected chi connectivity index (χ3v) is 13.8. The van der Waals surface area contributed by atoms with Crippen LogP contribution in [0.5, 0.6) is 0 Å². The Kier molecular flexibility index (Phi) is 5.72. The quantitative estimate of drug-likeness (QED) is 0.480. The second kappa shape index (κ2) is 7.69. The molecule has 0 radical (unpaired) electrons. The Morgan fingerprint density at radius 3 is 2.09 bits per heavy atom. The van der Waals surface area contributed by atoms with Gasteiger partial charge in [-0.2, -0.15) is 0 Å². The van der Waals surface area contributed by atoms with Gasteiger partial charge in [-0.1, -0.05) is 41.5 Å². The molecule has 3 nitrogen and oxygen atoms in total. The minimum absolute atomic E-state index is 0.0393. The summed E-state index contributed by atoms with van der Waals surface area (Å²) in [7, 11) is 0. The highest BCUT2D eigenvalue weighted by molar-refractivity contribution is 5.20. The lowest BCUT2D eigenvalue weighted by Crippen LogP contribution is -2.68. The molecule has 0 bridgehead atoms. The van der Waals surface area contributed by atoms with Gasteiger partial charge in [0, 0.05) is 18.6 Å². The van der Waals surface area contributed by atoms with E-state index in [1.807, 2.05) is 0 Å². The van der Waals surface area contributed by atoms with Gasteiger partial charge in [0.1, 0.15) is 0 Å². The predicted octanol–water partition coefficient (Wildman–Crippen LogP) is 6.05. The maximum Gasteiger partial charge on any atom is 0.0594 e. The van der Waals surface area contributed by atoms with Crippen molar-refractivity contribution in [2.24, 2.45) is 62.6 Å². The summed E-state index contributed by atoms with van der Waals surface area (Å²) in [6.07, 6.45) is 11.4. The standard InChI is InChI=1S/C30H52O3/c1-19(2)20-9-13-29(17-31)16-15-27(5)21(25(20)29)7-8-23-28(27,6)12-10-22-26(3,4)24(33)11-14-30(22,23)18-32/h19-25,31-33H,7-18H2,1-6H3/t20-,21+,22-,23-,24-,25+,27+,28+,29+,30+/m0/s1. The van der Waals surface area contributed by atoms with Crippen LogP contribution in [0.15, 0.2) is 0 Å². The molecule has 5 rings (SSSR count). The van der Waals surface area contributed by atoms with Crippen LogP contribution in [0.3, 0.4) is 0 Å². The lowest BCUT2D eigenvalue weighted by Gasteiger charge is -2.73. The van der Waals surface area contributed by atoms with Crippen LogP contribution in [0.1, 0.15) is 106 Å². The lowest BCUT2D eigenvalue weighted by atomic mass is 9.32. The average molecular weight is 461 g/mol. The third-order valence-electron chi connectivity index (χ3n) is 13.8. The lowest BCUT2D eigenvalue weighted by molar-refractivity contribution is -0.263. The number of hydrogen-bond acceptors (Lipinski definition) is 3. The van der Waals surface area contributed by atoms with Crippen molar-refractivity contribution in [1.82, 2.24) is 0 Å². The van der Waals surface area contributed by atoms with E-state index in [4.69, 9.17) is 0 Å². The monoisotopic (exact) mass is 460 g/mol. The van der Waals surface area contributed by atoms with Gasteiger partial charge in [-0.15, -0.1) is 0 Å². The van der Waals surface area contributed by atoms with Gasteiger partial charge in [0.25, 0.3) is 0 Å². The zero-order valence-corrected chi connectivity index (χ0v) is 22.4. The van der Waals surface area contributed by atoms with Crippen LogP contribution in [0.25, 0.3) is 0 Å². The van der Waals surface area contributed by atoms with Crippen molar-refractivity contribution in [1.29, 1.82) is 0 Å². The number of aliphatic hydroxyl groups is 3. The van der Waals surface area contributed by atoms with Crippen LogP contribution >= 0.6 is 0 Å². The summed E-state index contributed by atoms with van der Waals surface area (Å²) in [5.74, 6) is 3.75. The summed E-state index contributed by atoms with van der Waals surface area (Å²) in [5.41, 5.74) is 0.518. The van der Waals surface area contributed by atoms with E-state index in [-0.39, 0.29) is 39.8 Å². The van der Waals surface area contributed by atoms with E-state index in [1.165, 1.54) is 44.9 Å². The fraction of sp³-hybridized carbons (Fsp3) is 1.00. The topological polar surface area (TPSA) is 60.7 Å². The smallest absolute Gasteiger partial charge is 0.0594 e. The molecule has 10 atom stereocenters. The van der Waals surface area contributed by atoms with Crippen molar-refractivity contribution < 1.29 is 15.3 Å². The molecule has 3 heteroatoms. The average Bonchev–Trinajstić information content (AvgIpc) is 3.17. The van der Waals surface area contributed by atoms with Crippen LogP contribution in [-0.2, 0) is 0 Å².